The third-order valence-corrected chi connectivity index (χ3v) is 4.50. The van der Waals surface area contributed by atoms with E-state index in [-0.39, 0.29) is 0 Å². The van der Waals surface area contributed by atoms with Crippen LogP contribution in [0.2, 0.25) is 0 Å². The van der Waals surface area contributed by atoms with Gasteiger partial charge in [0.1, 0.15) is 17.6 Å². The molecule has 1 heterocycles. The zero-order valence-corrected chi connectivity index (χ0v) is 14.7. The largest absolute Gasteiger partial charge is 0.493 e. The predicted octanol–water partition coefficient (Wildman–Crippen LogP) is 3.50. The summed E-state index contributed by atoms with van der Waals surface area (Å²) in [4.78, 5) is 5.61. The molecule has 7 nitrogen and oxygen atoms in total. The molecule has 134 valence electrons. The fraction of sp³-hybridized carbons (Fsp3) is 0.316. The highest BCUT2D eigenvalue weighted by Gasteiger charge is 2.20. The minimum Gasteiger partial charge on any atom is -0.493 e. The molecule has 4 rings (SSSR count). The van der Waals surface area contributed by atoms with Crippen LogP contribution >= 0.6 is 0 Å². The van der Waals surface area contributed by atoms with Crippen LogP contribution in [-0.4, -0.2) is 30.2 Å². The van der Waals surface area contributed by atoms with Crippen LogP contribution in [0.3, 0.4) is 0 Å². The second-order valence-corrected chi connectivity index (χ2v) is 6.12. The highest BCUT2D eigenvalue weighted by atomic mass is 16.6. The number of oxime groups is 1. The summed E-state index contributed by atoms with van der Waals surface area (Å²) in [7, 11) is 3.28. The lowest BCUT2D eigenvalue weighted by Gasteiger charge is -2.20. The molecule has 0 saturated carbocycles. The molecular weight excluding hydrogens is 334 g/mol. The summed E-state index contributed by atoms with van der Waals surface area (Å²) in [6, 6.07) is 9.66. The number of nitrogens with zero attached hydrogens (tertiary/aromatic N) is 3. The Morgan fingerprint density at radius 3 is 2.65 bits per heavy atom. The van der Waals surface area contributed by atoms with E-state index >= 15 is 0 Å². The van der Waals surface area contributed by atoms with E-state index in [1.165, 1.54) is 5.56 Å². The molecule has 26 heavy (non-hydrogen) atoms. The molecule has 0 bridgehead atoms. The number of ether oxygens (including phenoxy) is 2. The van der Waals surface area contributed by atoms with Crippen molar-refractivity contribution >= 4 is 16.7 Å². The van der Waals surface area contributed by atoms with Crippen LogP contribution in [0.5, 0.6) is 11.5 Å². The number of hydrogen-bond acceptors (Lipinski definition) is 7. The average Bonchev–Trinajstić information content (AvgIpc) is 3.15. The SMILES string of the molecule is COc1cc2c(cc1OC)C(=NOCc1ccc3nonc3c1)CCC2. The van der Waals surface area contributed by atoms with Crippen molar-refractivity contribution in [3.63, 3.8) is 0 Å². The Balaban J connectivity index is 1.54. The molecule has 3 aromatic rings. The molecule has 0 N–H and O–H groups in total. The Kier molecular flexibility index (Phi) is 4.43. The molecule has 2 aromatic carbocycles. The molecule has 0 fully saturated rings. The van der Waals surface area contributed by atoms with Crippen LogP contribution in [0, 0.1) is 0 Å². The first kappa shape index (κ1) is 16.4. The maximum absolute atomic E-state index is 5.61. The maximum Gasteiger partial charge on any atom is 0.161 e. The van der Waals surface area contributed by atoms with Crippen LogP contribution < -0.4 is 9.47 Å². The monoisotopic (exact) mass is 353 g/mol. The maximum atomic E-state index is 5.61. The van der Waals surface area contributed by atoms with E-state index in [4.69, 9.17) is 18.9 Å². The molecule has 0 aliphatic heterocycles. The van der Waals surface area contributed by atoms with Crippen LogP contribution in [0.15, 0.2) is 40.1 Å². The predicted molar refractivity (Wildman–Crippen MR) is 95.6 cm³/mol. The highest BCUT2D eigenvalue weighted by molar-refractivity contribution is 6.03. The van der Waals surface area contributed by atoms with Crippen molar-refractivity contribution in [3.05, 3.63) is 47.0 Å². The Morgan fingerprint density at radius 2 is 1.81 bits per heavy atom. The lowest BCUT2D eigenvalue weighted by molar-refractivity contribution is 0.130. The van der Waals surface area contributed by atoms with E-state index in [1.54, 1.807) is 14.2 Å². The van der Waals surface area contributed by atoms with Crippen LogP contribution in [0.25, 0.3) is 11.0 Å². The number of fused-ring (bicyclic) bond motifs is 2. The van der Waals surface area contributed by atoms with Crippen molar-refractivity contribution < 1.29 is 18.9 Å². The molecule has 0 saturated heterocycles. The molecule has 7 heteroatoms. The lowest BCUT2D eigenvalue weighted by Crippen LogP contribution is -2.13. The van der Waals surface area contributed by atoms with Gasteiger partial charge in [-0.2, -0.15) is 0 Å². The van der Waals surface area contributed by atoms with Crippen molar-refractivity contribution in [2.75, 3.05) is 14.2 Å². The van der Waals surface area contributed by atoms with Crippen molar-refractivity contribution in [1.82, 2.24) is 10.3 Å². The van der Waals surface area contributed by atoms with E-state index in [9.17, 15) is 0 Å². The minimum absolute atomic E-state index is 0.356. The van der Waals surface area contributed by atoms with E-state index in [0.717, 1.165) is 47.4 Å². The fourth-order valence-electron chi connectivity index (χ4n) is 3.17. The van der Waals surface area contributed by atoms with Crippen LogP contribution in [0.4, 0.5) is 0 Å². The zero-order valence-electron chi connectivity index (χ0n) is 14.7. The molecular formula is C19H19N3O4. The standard InChI is InChI=1S/C19H19N3O4/c1-23-18-9-13-4-3-5-15(14(13)10-19(18)24-2)20-25-11-12-6-7-16-17(8-12)22-26-21-16/h6-10H,3-5,11H2,1-2H3. The molecule has 1 aliphatic rings. The van der Waals surface area contributed by atoms with Crippen LogP contribution in [0.1, 0.15) is 29.5 Å². The minimum atomic E-state index is 0.356. The second-order valence-electron chi connectivity index (χ2n) is 6.12. The van der Waals surface area contributed by atoms with Gasteiger partial charge < -0.3 is 14.3 Å². The third-order valence-electron chi connectivity index (χ3n) is 4.50. The fourth-order valence-corrected chi connectivity index (χ4v) is 3.17. The summed E-state index contributed by atoms with van der Waals surface area (Å²) in [5, 5.41) is 12.0. The van der Waals surface area contributed by atoms with Crippen LogP contribution in [-0.2, 0) is 17.9 Å². The Hall–Kier alpha value is -3.09. The van der Waals surface area contributed by atoms with Crippen molar-refractivity contribution in [2.24, 2.45) is 5.16 Å². The number of hydrogen-bond donors (Lipinski definition) is 0. The van der Waals surface area contributed by atoms with Gasteiger partial charge in [-0.25, -0.2) is 4.63 Å². The normalized spacial score (nSPS) is 15.1. The van der Waals surface area contributed by atoms with Crippen molar-refractivity contribution in [1.29, 1.82) is 0 Å². The van der Waals surface area contributed by atoms with Gasteiger partial charge in [0.05, 0.1) is 19.9 Å². The van der Waals surface area contributed by atoms with E-state index in [1.807, 2.05) is 30.3 Å². The van der Waals surface area contributed by atoms with E-state index in [2.05, 4.69) is 15.5 Å². The first-order chi connectivity index (χ1) is 12.8. The van der Waals surface area contributed by atoms with Gasteiger partial charge in [-0.3, -0.25) is 0 Å². The van der Waals surface area contributed by atoms with Gasteiger partial charge in [-0.15, -0.1) is 0 Å². The number of aromatic nitrogens is 2. The van der Waals surface area contributed by atoms with Crippen molar-refractivity contribution in [3.8, 4) is 11.5 Å². The van der Waals surface area contributed by atoms with Gasteiger partial charge in [0.25, 0.3) is 0 Å². The number of benzene rings is 2. The molecule has 1 aromatic heterocycles. The Bertz CT molecular complexity index is 965. The molecule has 0 spiro atoms. The zero-order chi connectivity index (χ0) is 17.9. The Morgan fingerprint density at radius 1 is 1.00 bits per heavy atom. The summed E-state index contributed by atoms with van der Waals surface area (Å²) >= 11 is 0. The van der Waals surface area contributed by atoms with Gasteiger partial charge in [0.2, 0.25) is 0 Å². The summed E-state index contributed by atoms with van der Waals surface area (Å²) in [5.74, 6) is 1.44. The van der Waals surface area contributed by atoms with Crippen molar-refractivity contribution in [2.45, 2.75) is 25.9 Å². The number of methoxy groups -OCH3 is 2. The first-order valence-corrected chi connectivity index (χ1v) is 8.44. The quantitative estimate of drug-likeness (QED) is 0.653. The smallest absolute Gasteiger partial charge is 0.161 e. The average molecular weight is 353 g/mol. The van der Waals surface area contributed by atoms with E-state index < -0.39 is 0 Å². The van der Waals surface area contributed by atoms with Gasteiger partial charge >= 0.3 is 0 Å². The highest BCUT2D eigenvalue weighted by Crippen LogP contribution is 2.34. The molecule has 0 unspecified atom stereocenters. The first-order valence-electron chi connectivity index (χ1n) is 8.44. The summed E-state index contributed by atoms with van der Waals surface area (Å²) in [5.41, 5.74) is 5.58. The molecule has 0 radical (unpaired) electrons. The van der Waals surface area contributed by atoms with Gasteiger partial charge in [-0.05, 0) is 65.0 Å². The molecule has 0 amide bonds. The topological polar surface area (TPSA) is 79.0 Å². The molecule has 0 atom stereocenters. The lowest BCUT2D eigenvalue weighted by atomic mass is 9.89. The van der Waals surface area contributed by atoms with Gasteiger partial charge in [0, 0.05) is 5.56 Å². The molecule has 1 aliphatic carbocycles. The third kappa shape index (κ3) is 3.08. The van der Waals surface area contributed by atoms with Gasteiger partial charge in [-0.1, -0.05) is 11.2 Å². The number of rotatable bonds is 5. The summed E-state index contributed by atoms with van der Waals surface area (Å²) in [6.45, 7) is 0.356. The van der Waals surface area contributed by atoms with Gasteiger partial charge in [0.15, 0.2) is 11.5 Å². The number of aryl methyl sites for hydroxylation is 1. The summed E-state index contributed by atoms with van der Waals surface area (Å²) in [6.07, 6.45) is 2.89. The second kappa shape index (κ2) is 7.03. The summed E-state index contributed by atoms with van der Waals surface area (Å²) < 4.78 is 15.5. The Labute approximate surface area is 150 Å². The van der Waals surface area contributed by atoms with E-state index in [0.29, 0.717) is 17.9 Å².